The number of benzene rings is 2. The number of piperazine rings is 1. The summed E-state index contributed by atoms with van der Waals surface area (Å²) in [5.74, 6) is 0.446. The van der Waals surface area contributed by atoms with E-state index in [1.165, 1.54) is 0 Å². The van der Waals surface area contributed by atoms with Crippen LogP contribution in [0.5, 0.6) is 0 Å². The lowest BCUT2D eigenvalue weighted by molar-refractivity contribution is -0.777. The summed E-state index contributed by atoms with van der Waals surface area (Å²) in [6, 6.07) is 19.0. The van der Waals surface area contributed by atoms with Crippen LogP contribution in [0.3, 0.4) is 0 Å². The number of nitrogens with one attached hydrogen (secondary N) is 3. The van der Waals surface area contributed by atoms with Crippen LogP contribution < -0.4 is 10.6 Å². The van der Waals surface area contributed by atoms with Gasteiger partial charge in [0.05, 0.1) is 23.8 Å². The predicted octanol–water partition coefficient (Wildman–Crippen LogP) is 4.16. The largest absolute Gasteiger partial charge is 0.428 e. The number of anilines is 3. The maximum atomic E-state index is 13.7. The number of hydrogen-bond donors (Lipinski definition) is 3. The predicted molar refractivity (Wildman–Crippen MR) is 140 cm³/mol. The van der Waals surface area contributed by atoms with Crippen molar-refractivity contribution >= 4 is 40.0 Å². The van der Waals surface area contributed by atoms with Gasteiger partial charge in [0.25, 0.3) is 0 Å². The number of fused-ring (bicyclic) bond motifs is 1. The van der Waals surface area contributed by atoms with Gasteiger partial charge in [-0.1, -0.05) is 30.3 Å². The second-order valence-corrected chi connectivity index (χ2v) is 9.22. The molecule has 0 bridgehead atoms. The third-order valence-electron chi connectivity index (χ3n) is 6.82. The number of aromatic amines is 1. The molecule has 0 spiro atoms. The minimum absolute atomic E-state index is 0.0625. The zero-order chi connectivity index (χ0) is 25.0. The molecule has 5 rings (SSSR count). The number of pyridine rings is 1. The topological polar surface area (TPSA) is 103 Å². The number of carbonyl (C=O) groups excluding carboxylic acids is 2. The van der Waals surface area contributed by atoms with Crippen molar-refractivity contribution in [2.45, 2.75) is 12.8 Å². The standard InChI is InChI=1S/C27H29N7O2/c1-33-14-16-34(17-15-33,25(35)12-9-20-6-3-2-4-7-20)27(36)31-23-8-5-13-28-26(23)30-22-11-10-21-19-29-32-24(21)18-22/h2-8,10-11,13,18-19H,9,12,14-17H2,1H3,(H2-,28,29,30,31,32,36)/p+1. The van der Waals surface area contributed by atoms with Crippen molar-refractivity contribution in [1.82, 2.24) is 20.1 Å². The van der Waals surface area contributed by atoms with Gasteiger partial charge in [-0.25, -0.2) is 14.6 Å². The molecule has 3 N–H and O–H groups in total. The maximum absolute atomic E-state index is 13.7. The monoisotopic (exact) mass is 484 g/mol. The first-order valence-corrected chi connectivity index (χ1v) is 12.1. The molecule has 0 atom stereocenters. The fourth-order valence-electron chi connectivity index (χ4n) is 4.56. The molecule has 3 heterocycles. The van der Waals surface area contributed by atoms with Crippen LogP contribution in [0.25, 0.3) is 10.9 Å². The first kappa shape index (κ1) is 23.7. The second-order valence-electron chi connectivity index (χ2n) is 9.22. The normalized spacial score (nSPS) is 15.5. The van der Waals surface area contributed by atoms with E-state index in [0.29, 0.717) is 50.5 Å². The Bertz CT molecular complexity index is 1360. The van der Waals surface area contributed by atoms with Crippen molar-refractivity contribution in [3.8, 4) is 0 Å². The molecule has 184 valence electrons. The molecule has 36 heavy (non-hydrogen) atoms. The van der Waals surface area contributed by atoms with Crippen molar-refractivity contribution < 1.29 is 14.1 Å². The quantitative estimate of drug-likeness (QED) is 0.355. The van der Waals surface area contributed by atoms with E-state index in [-0.39, 0.29) is 16.4 Å². The molecule has 0 aliphatic carbocycles. The maximum Gasteiger partial charge on any atom is 0.428 e. The summed E-state index contributed by atoms with van der Waals surface area (Å²) in [7, 11) is 2.01. The number of aromatic nitrogens is 3. The minimum Gasteiger partial charge on any atom is -0.338 e. The number of H-pyrrole nitrogens is 1. The summed E-state index contributed by atoms with van der Waals surface area (Å²) in [6.45, 7) is 2.23. The van der Waals surface area contributed by atoms with Gasteiger partial charge in [0.1, 0.15) is 13.1 Å². The van der Waals surface area contributed by atoms with Crippen molar-refractivity contribution in [3.63, 3.8) is 0 Å². The SMILES string of the molecule is CN1CC[N+](C(=O)CCc2ccccc2)(C(=O)Nc2cccnc2Nc2ccc3cn[nH]c3c2)CC1. The first-order chi connectivity index (χ1) is 17.5. The molecule has 1 aliphatic rings. The molecule has 3 amide bonds. The lowest BCUT2D eigenvalue weighted by Gasteiger charge is -2.39. The Kier molecular flexibility index (Phi) is 6.75. The van der Waals surface area contributed by atoms with Gasteiger partial charge in [0, 0.05) is 30.4 Å². The Balaban J connectivity index is 1.36. The van der Waals surface area contributed by atoms with E-state index in [9.17, 15) is 9.59 Å². The number of hydrogen-bond acceptors (Lipinski definition) is 6. The van der Waals surface area contributed by atoms with E-state index < -0.39 is 0 Å². The summed E-state index contributed by atoms with van der Waals surface area (Å²) in [5, 5.41) is 14.3. The molecule has 2 aromatic heterocycles. The van der Waals surface area contributed by atoms with Gasteiger partial charge in [-0.15, -0.1) is 0 Å². The lowest BCUT2D eigenvalue weighted by atomic mass is 10.1. The van der Waals surface area contributed by atoms with E-state index in [1.54, 1.807) is 24.5 Å². The van der Waals surface area contributed by atoms with E-state index in [1.807, 2.05) is 55.6 Å². The third kappa shape index (κ3) is 4.98. The number of imide groups is 1. The molecule has 1 aliphatic heterocycles. The van der Waals surface area contributed by atoms with Crippen LogP contribution in [0, 0.1) is 0 Å². The van der Waals surface area contributed by atoms with Gasteiger partial charge in [0.15, 0.2) is 5.82 Å². The molecule has 9 nitrogen and oxygen atoms in total. The number of rotatable bonds is 6. The highest BCUT2D eigenvalue weighted by Gasteiger charge is 2.46. The van der Waals surface area contributed by atoms with Crippen molar-refractivity contribution in [2.75, 3.05) is 43.9 Å². The Hall–Kier alpha value is -4.08. The Morgan fingerprint density at radius 1 is 1.06 bits per heavy atom. The number of nitrogens with zero attached hydrogens (tertiary/aromatic N) is 4. The molecule has 4 aromatic rings. The van der Waals surface area contributed by atoms with Crippen LogP contribution in [0.4, 0.5) is 22.0 Å². The van der Waals surface area contributed by atoms with Crippen molar-refractivity contribution in [2.24, 2.45) is 0 Å². The first-order valence-electron chi connectivity index (χ1n) is 12.1. The molecular formula is C27H30N7O2+. The van der Waals surface area contributed by atoms with Gasteiger partial charge >= 0.3 is 11.9 Å². The number of amides is 3. The molecule has 9 heteroatoms. The Labute approximate surface area is 209 Å². The van der Waals surface area contributed by atoms with Crippen LogP contribution in [0.2, 0.25) is 0 Å². The number of aryl methyl sites for hydroxylation is 1. The number of quaternary nitrogens is 1. The van der Waals surface area contributed by atoms with Crippen LogP contribution in [-0.2, 0) is 11.2 Å². The minimum atomic E-state index is -0.318. The zero-order valence-corrected chi connectivity index (χ0v) is 20.3. The highest BCUT2D eigenvalue weighted by molar-refractivity contribution is 5.95. The summed E-state index contributed by atoms with van der Waals surface area (Å²) in [5.41, 5.74) is 3.32. The van der Waals surface area contributed by atoms with Gasteiger partial charge < -0.3 is 5.32 Å². The number of carbonyl (C=O) groups is 2. The van der Waals surface area contributed by atoms with E-state index >= 15 is 0 Å². The third-order valence-corrected chi connectivity index (χ3v) is 6.82. The molecule has 1 fully saturated rings. The molecule has 0 unspecified atom stereocenters. The fourth-order valence-corrected chi connectivity index (χ4v) is 4.56. The van der Waals surface area contributed by atoms with Crippen molar-refractivity contribution in [3.05, 3.63) is 78.6 Å². The lowest BCUT2D eigenvalue weighted by Crippen LogP contribution is -2.66. The molecule has 2 aromatic carbocycles. The Morgan fingerprint density at radius 2 is 1.86 bits per heavy atom. The highest BCUT2D eigenvalue weighted by Crippen LogP contribution is 2.27. The fraction of sp³-hybridized carbons (Fsp3) is 0.259. The van der Waals surface area contributed by atoms with Gasteiger partial charge in [0.2, 0.25) is 0 Å². The van der Waals surface area contributed by atoms with E-state index in [4.69, 9.17) is 0 Å². The zero-order valence-electron chi connectivity index (χ0n) is 20.3. The Morgan fingerprint density at radius 3 is 2.67 bits per heavy atom. The summed E-state index contributed by atoms with van der Waals surface area (Å²) in [6.07, 6.45) is 4.35. The van der Waals surface area contributed by atoms with Crippen LogP contribution in [-0.4, -0.2) is 69.7 Å². The number of likely N-dealkylation sites (N-methyl/N-ethyl adjacent to an activating group) is 1. The summed E-state index contributed by atoms with van der Waals surface area (Å²) < 4.78 is -0.217. The average Bonchev–Trinajstić information content (AvgIpc) is 3.37. The van der Waals surface area contributed by atoms with Crippen LogP contribution >= 0.6 is 0 Å². The summed E-state index contributed by atoms with van der Waals surface area (Å²) in [4.78, 5) is 33.9. The highest BCUT2D eigenvalue weighted by atomic mass is 16.2. The molecule has 0 radical (unpaired) electrons. The van der Waals surface area contributed by atoms with Crippen molar-refractivity contribution in [1.29, 1.82) is 0 Å². The number of urea groups is 1. The van der Waals surface area contributed by atoms with Crippen LogP contribution in [0.15, 0.2) is 73.1 Å². The van der Waals surface area contributed by atoms with Gasteiger partial charge in [-0.3, -0.25) is 15.3 Å². The molecular weight excluding hydrogens is 454 g/mol. The smallest absolute Gasteiger partial charge is 0.338 e. The van der Waals surface area contributed by atoms with Gasteiger partial charge in [-0.05, 0) is 49.4 Å². The van der Waals surface area contributed by atoms with E-state index in [0.717, 1.165) is 22.2 Å². The second kappa shape index (κ2) is 10.3. The van der Waals surface area contributed by atoms with Crippen LogP contribution in [0.1, 0.15) is 12.0 Å². The average molecular weight is 485 g/mol. The molecule has 1 saturated heterocycles. The van der Waals surface area contributed by atoms with E-state index in [2.05, 4.69) is 30.7 Å². The van der Waals surface area contributed by atoms with Gasteiger partial charge in [-0.2, -0.15) is 9.58 Å². The molecule has 0 saturated carbocycles. The summed E-state index contributed by atoms with van der Waals surface area (Å²) >= 11 is 0.